The molecular formula is C11H12O2. The van der Waals surface area contributed by atoms with Gasteiger partial charge in [0.05, 0.1) is 12.7 Å². The van der Waals surface area contributed by atoms with E-state index in [-0.39, 0.29) is 0 Å². The normalized spacial score (nSPS) is 31.1. The highest BCUT2D eigenvalue weighted by Gasteiger charge is 2.35. The second kappa shape index (κ2) is 2.82. The second-order valence-corrected chi connectivity index (χ2v) is 3.70. The van der Waals surface area contributed by atoms with Gasteiger partial charge in [-0.25, -0.2) is 0 Å². The zero-order chi connectivity index (χ0) is 8.67. The van der Waals surface area contributed by atoms with Crippen molar-refractivity contribution < 1.29 is 9.47 Å². The minimum atomic E-state index is 0.367. The van der Waals surface area contributed by atoms with Crippen LogP contribution in [0, 0.1) is 0 Å². The summed E-state index contributed by atoms with van der Waals surface area (Å²) in [6.45, 7) is 1.29. The van der Waals surface area contributed by atoms with Crippen LogP contribution < -0.4 is 0 Å². The fraction of sp³-hybridized carbons (Fsp3) is 0.455. The lowest BCUT2D eigenvalue weighted by Gasteiger charge is -2.26. The third kappa shape index (κ3) is 1.10. The van der Waals surface area contributed by atoms with Crippen LogP contribution in [0.2, 0.25) is 0 Å². The quantitative estimate of drug-likeness (QED) is 0.599. The molecule has 0 N–H and O–H groups in total. The van der Waals surface area contributed by atoms with Gasteiger partial charge < -0.3 is 9.47 Å². The summed E-state index contributed by atoms with van der Waals surface area (Å²) in [4.78, 5) is 0. The number of hydrogen-bond donors (Lipinski definition) is 0. The van der Waals surface area contributed by atoms with Gasteiger partial charge in [-0.15, -0.1) is 0 Å². The highest BCUT2D eigenvalue weighted by atomic mass is 16.7. The summed E-state index contributed by atoms with van der Waals surface area (Å²) < 4.78 is 10.9. The van der Waals surface area contributed by atoms with Gasteiger partial charge >= 0.3 is 0 Å². The first-order valence-corrected chi connectivity index (χ1v) is 4.72. The topological polar surface area (TPSA) is 18.5 Å². The van der Waals surface area contributed by atoms with E-state index >= 15 is 0 Å². The van der Waals surface area contributed by atoms with Gasteiger partial charge in [0.2, 0.25) is 0 Å². The molecule has 0 unspecified atom stereocenters. The Labute approximate surface area is 77.5 Å². The number of hydrogen-bond acceptors (Lipinski definition) is 2. The lowest BCUT2D eigenvalue weighted by molar-refractivity contribution is -0.145. The highest BCUT2D eigenvalue weighted by Crippen LogP contribution is 2.36. The van der Waals surface area contributed by atoms with Crippen molar-refractivity contribution in [3.05, 3.63) is 35.4 Å². The molecule has 0 bridgehead atoms. The maximum absolute atomic E-state index is 5.56. The smallest absolute Gasteiger partial charge is 0.147 e. The molecule has 13 heavy (non-hydrogen) atoms. The van der Waals surface area contributed by atoms with Crippen LogP contribution in [-0.4, -0.2) is 19.5 Å². The first-order valence-electron chi connectivity index (χ1n) is 4.72. The Bertz CT molecular complexity index is 322. The highest BCUT2D eigenvalue weighted by molar-refractivity contribution is 5.37. The van der Waals surface area contributed by atoms with Crippen LogP contribution in [0.15, 0.2) is 24.3 Å². The summed E-state index contributed by atoms with van der Waals surface area (Å²) in [7, 11) is 0. The molecule has 2 atom stereocenters. The van der Waals surface area contributed by atoms with Gasteiger partial charge in [-0.05, 0) is 17.5 Å². The van der Waals surface area contributed by atoms with Crippen molar-refractivity contribution in [3.8, 4) is 0 Å². The Hall–Kier alpha value is -0.860. The second-order valence-electron chi connectivity index (χ2n) is 3.70. The van der Waals surface area contributed by atoms with Crippen molar-refractivity contribution in [1.82, 2.24) is 0 Å². The fourth-order valence-electron chi connectivity index (χ4n) is 2.32. The lowest BCUT2D eigenvalue weighted by atomic mass is 10.0. The Morgan fingerprint density at radius 3 is 3.15 bits per heavy atom. The molecule has 1 fully saturated rings. The minimum absolute atomic E-state index is 0.367. The Morgan fingerprint density at radius 2 is 2.15 bits per heavy atom. The van der Waals surface area contributed by atoms with Gasteiger partial charge in [-0.2, -0.15) is 0 Å². The maximum atomic E-state index is 5.56. The van der Waals surface area contributed by atoms with Crippen LogP contribution in [0.25, 0.3) is 0 Å². The summed E-state index contributed by atoms with van der Waals surface area (Å²) in [5.74, 6) is 0.477. The van der Waals surface area contributed by atoms with E-state index in [1.807, 2.05) is 0 Å². The molecule has 0 saturated carbocycles. The van der Waals surface area contributed by atoms with E-state index in [0.717, 1.165) is 13.0 Å². The van der Waals surface area contributed by atoms with E-state index in [9.17, 15) is 0 Å². The molecule has 1 aliphatic carbocycles. The van der Waals surface area contributed by atoms with Gasteiger partial charge in [0.25, 0.3) is 0 Å². The van der Waals surface area contributed by atoms with E-state index in [1.54, 1.807) is 0 Å². The maximum Gasteiger partial charge on any atom is 0.147 e. The molecule has 0 radical (unpaired) electrons. The zero-order valence-corrected chi connectivity index (χ0v) is 7.40. The lowest BCUT2D eigenvalue weighted by Crippen LogP contribution is -2.29. The molecule has 2 nitrogen and oxygen atoms in total. The van der Waals surface area contributed by atoms with E-state index in [2.05, 4.69) is 24.3 Å². The molecule has 1 saturated heterocycles. The Kier molecular flexibility index (Phi) is 1.64. The van der Waals surface area contributed by atoms with E-state index in [0.29, 0.717) is 18.8 Å². The van der Waals surface area contributed by atoms with Crippen molar-refractivity contribution >= 4 is 0 Å². The fourth-order valence-corrected chi connectivity index (χ4v) is 2.32. The van der Waals surface area contributed by atoms with Crippen molar-refractivity contribution in [3.63, 3.8) is 0 Å². The van der Waals surface area contributed by atoms with Crippen LogP contribution in [0.1, 0.15) is 17.0 Å². The summed E-state index contributed by atoms with van der Waals surface area (Å²) in [5.41, 5.74) is 2.86. The molecule has 0 amide bonds. The predicted molar refractivity (Wildman–Crippen MR) is 48.6 cm³/mol. The third-order valence-corrected chi connectivity index (χ3v) is 2.99. The molecule has 1 aromatic carbocycles. The summed E-state index contributed by atoms with van der Waals surface area (Å²) in [6, 6.07) is 8.57. The van der Waals surface area contributed by atoms with E-state index in [1.165, 1.54) is 11.1 Å². The molecule has 2 heteroatoms. The van der Waals surface area contributed by atoms with Crippen LogP contribution in [-0.2, 0) is 15.9 Å². The van der Waals surface area contributed by atoms with E-state index in [4.69, 9.17) is 9.47 Å². The van der Waals surface area contributed by atoms with Gasteiger partial charge in [0.15, 0.2) is 0 Å². The molecule has 1 heterocycles. The molecule has 3 rings (SSSR count). The molecule has 0 aromatic heterocycles. The third-order valence-electron chi connectivity index (χ3n) is 2.99. The average molecular weight is 176 g/mol. The average Bonchev–Trinajstić information content (AvgIpc) is 2.56. The van der Waals surface area contributed by atoms with Crippen LogP contribution >= 0.6 is 0 Å². The minimum Gasteiger partial charge on any atom is -0.355 e. The van der Waals surface area contributed by atoms with Crippen molar-refractivity contribution in [2.75, 3.05) is 13.4 Å². The summed E-state index contributed by atoms with van der Waals surface area (Å²) in [6.07, 6.45) is 1.43. The number of benzene rings is 1. The Morgan fingerprint density at radius 1 is 1.23 bits per heavy atom. The number of rotatable bonds is 0. The molecular weight excluding hydrogens is 164 g/mol. The van der Waals surface area contributed by atoms with Crippen LogP contribution in [0.5, 0.6) is 0 Å². The largest absolute Gasteiger partial charge is 0.355 e. The predicted octanol–water partition coefficient (Wildman–Crippen LogP) is 1.70. The van der Waals surface area contributed by atoms with Crippen molar-refractivity contribution in [2.45, 2.75) is 18.4 Å². The monoisotopic (exact) mass is 176 g/mol. The van der Waals surface area contributed by atoms with Crippen molar-refractivity contribution in [2.24, 2.45) is 0 Å². The van der Waals surface area contributed by atoms with E-state index < -0.39 is 0 Å². The van der Waals surface area contributed by atoms with Gasteiger partial charge in [-0.3, -0.25) is 0 Å². The van der Waals surface area contributed by atoms with Crippen molar-refractivity contribution in [1.29, 1.82) is 0 Å². The standard InChI is InChI=1S/C11H12O2/c1-2-4-9-8(3-1)5-11-10(9)6-12-7-13-11/h1-4,10-11H,5-7H2/t10-,11-/m0/s1. The number of fused-ring (bicyclic) bond motifs is 3. The van der Waals surface area contributed by atoms with Gasteiger partial charge in [0, 0.05) is 5.92 Å². The first-order chi connectivity index (χ1) is 6.45. The van der Waals surface area contributed by atoms with Gasteiger partial charge in [0.1, 0.15) is 6.79 Å². The first kappa shape index (κ1) is 7.54. The SMILES string of the molecule is c1ccc2c(c1)C[C@@H]1OCOC[C@@H]21. The Balaban J connectivity index is 2.01. The molecule has 2 aliphatic rings. The molecule has 1 aromatic rings. The molecule has 0 spiro atoms. The summed E-state index contributed by atoms with van der Waals surface area (Å²) >= 11 is 0. The molecule has 1 aliphatic heterocycles. The van der Waals surface area contributed by atoms with Gasteiger partial charge in [-0.1, -0.05) is 24.3 Å². The molecule has 68 valence electrons. The summed E-state index contributed by atoms with van der Waals surface area (Å²) in [5, 5.41) is 0. The van der Waals surface area contributed by atoms with Crippen LogP contribution in [0.4, 0.5) is 0 Å². The number of ether oxygens (including phenoxy) is 2. The van der Waals surface area contributed by atoms with Crippen LogP contribution in [0.3, 0.4) is 0 Å². The zero-order valence-electron chi connectivity index (χ0n) is 7.40.